The first kappa shape index (κ1) is 18.1. The number of aliphatic hydroxyl groups is 1. The highest BCUT2D eigenvalue weighted by atomic mass is 32.2. The lowest BCUT2D eigenvalue weighted by atomic mass is 10.1. The minimum absolute atomic E-state index is 0.113. The van der Waals surface area contributed by atoms with Crippen LogP contribution in [0.25, 0.3) is 0 Å². The molecule has 0 aromatic heterocycles. The third kappa shape index (κ3) is 6.68. The van der Waals surface area contributed by atoms with E-state index in [9.17, 15) is 17.7 Å². The van der Waals surface area contributed by atoms with E-state index in [1.807, 2.05) is 0 Å². The maximum absolute atomic E-state index is 12.0. The van der Waals surface area contributed by atoms with Gasteiger partial charge in [-0.15, -0.1) is 0 Å². The van der Waals surface area contributed by atoms with E-state index in [1.54, 1.807) is 0 Å². The standard InChI is InChI=1S/C14H28O4S2/c1-2-3-4-5-6-7-8-9-10-19(16)14-12-20(17,18)11-13(14)15/h13-15H,2-12H2,1H3. The Labute approximate surface area is 125 Å². The Bertz CT molecular complexity index is 392. The maximum atomic E-state index is 12.0. The molecule has 0 aromatic carbocycles. The van der Waals surface area contributed by atoms with Gasteiger partial charge in [-0.1, -0.05) is 51.9 Å². The average molecular weight is 325 g/mol. The van der Waals surface area contributed by atoms with Crippen molar-refractivity contribution < 1.29 is 17.7 Å². The summed E-state index contributed by atoms with van der Waals surface area (Å²) in [7, 11) is -4.39. The molecule has 3 unspecified atom stereocenters. The van der Waals surface area contributed by atoms with Crippen molar-refractivity contribution in [1.82, 2.24) is 0 Å². The lowest BCUT2D eigenvalue weighted by molar-refractivity contribution is 0.206. The van der Waals surface area contributed by atoms with Crippen molar-refractivity contribution in [3.8, 4) is 0 Å². The summed E-state index contributed by atoms with van der Waals surface area (Å²) in [6, 6.07) is 0. The van der Waals surface area contributed by atoms with Gasteiger partial charge in [-0.25, -0.2) is 8.42 Å². The fourth-order valence-electron chi connectivity index (χ4n) is 2.58. The van der Waals surface area contributed by atoms with Crippen LogP contribution >= 0.6 is 0 Å². The molecule has 1 rings (SSSR count). The summed E-state index contributed by atoms with van der Waals surface area (Å²) in [6.07, 6.45) is 8.50. The first-order valence-electron chi connectivity index (χ1n) is 7.72. The van der Waals surface area contributed by atoms with Gasteiger partial charge in [-0.2, -0.15) is 0 Å². The van der Waals surface area contributed by atoms with Gasteiger partial charge in [0.2, 0.25) is 0 Å². The molecule has 1 N–H and O–H groups in total. The van der Waals surface area contributed by atoms with Crippen LogP contribution in [0, 0.1) is 0 Å². The van der Waals surface area contributed by atoms with E-state index in [2.05, 4.69) is 6.92 Å². The molecule has 0 saturated carbocycles. The predicted molar refractivity (Wildman–Crippen MR) is 84.1 cm³/mol. The van der Waals surface area contributed by atoms with Crippen molar-refractivity contribution in [2.45, 2.75) is 69.6 Å². The quantitative estimate of drug-likeness (QED) is 0.624. The van der Waals surface area contributed by atoms with Gasteiger partial charge in [0, 0.05) is 16.6 Å². The second-order valence-electron chi connectivity index (χ2n) is 5.74. The van der Waals surface area contributed by atoms with E-state index in [-0.39, 0.29) is 11.5 Å². The summed E-state index contributed by atoms with van der Waals surface area (Å²) in [5.41, 5.74) is 0. The highest BCUT2D eigenvalue weighted by molar-refractivity contribution is 7.94. The molecule has 0 amide bonds. The molecule has 1 saturated heterocycles. The van der Waals surface area contributed by atoms with Gasteiger partial charge in [0.05, 0.1) is 22.9 Å². The van der Waals surface area contributed by atoms with Gasteiger partial charge < -0.3 is 5.11 Å². The number of unbranched alkanes of at least 4 members (excludes halogenated alkanes) is 7. The van der Waals surface area contributed by atoms with Crippen molar-refractivity contribution in [2.75, 3.05) is 17.3 Å². The molecule has 4 nitrogen and oxygen atoms in total. The maximum Gasteiger partial charge on any atom is 0.154 e. The largest absolute Gasteiger partial charge is 0.391 e. The number of hydrogen-bond acceptors (Lipinski definition) is 4. The molecule has 1 aliphatic heterocycles. The molecule has 120 valence electrons. The van der Waals surface area contributed by atoms with Crippen LogP contribution in [0.2, 0.25) is 0 Å². The fourth-order valence-corrected chi connectivity index (χ4v) is 6.78. The molecule has 1 aliphatic rings. The molecule has 1 heterocycles. The monoisotopic (exact) mass is 324 g/mol. The highest BCUT2D eigenvalue weighted by Gasteiger charge is 2.39. The molecule has 20 heavy (non-hydrogen) atoms. The van der Waals surface area contributed by atoms with Crippen molar-refractivity contribution in [3.05, 3.63) is 0 Å². The average Bonchev–Trinajstić information content (AvgIpc) is 2.66. The van der Waals surface area contributed by atoms with E-state index < -0.39 is 32.0 Å². The van der Waals surface area contributed by atoms with Crippen LogP contribution in [0.1, 0.15) is 58.3 Å². The van der Waals surface area contributed by atoms with Crippen molar-refractivity contribution >= 4 is 20.6 Å². The Morgan fingerprint density at radius 3 is 2.05 bits per heavy atom. The highest BCUT2D eigenvalue weighted by Crippen LogP contribution is 2.19. The number of sulfone groups is 1. The SMILES string of the molecule is CCCCCCCCCCS(=O)C1CS(=O)(=O)CC1O. The molecule has 0 spiro atoms. The third-order valence-corrected chi connectivity index (χ3v) is 7.58. The van der Waals surface area contributed by atoms with Gasteiger partial charge in [0.15, 0.2) is 9.84 Å². The number of aliphatic hydroxyl groups excluding tert-OH is 1. The smallest absolute Gasteiger partial charge is 0.154 e. The Morgan fingerprint density at radius 2 is 1.55 bits per heavy atom. The van der Waals surface area contributed by atoms with E-state index in [0.717, 1.165) is 19.3 Å². The van der Waals surface area contributed by atoms with Crippen molar-refractivity contribution in [1.29, 1.82) is 0 Å². The minimum atomic E-state index is -3.18. The first-order valence-corrected chi connectivity index (χ1v) is 10.9. The zero-order chi connectivity index (χ0) is 15.0. The Morgan fingerprint density at radius 1 is 1.00 bits per heavy atom. The summed E-state index contributed by atoms with van der Waals surface area (Å²) in [5.74, 6) is 0.185. The minimum Gasteiger partial charge on any atom is -0.391 e. The van der Waals surface area contributed by atoms with Crippen LogP contribution in [0.15, 0.2) is 0 Å². The molecular weight excluding hydrogens is 296 g/mol. The van der Waals surface area contributed by atoms with Crippen LogP contribution in [0.4, 0.5) is 0 Å². The summed E-state index contributed by atoms with van der Waals surface area (Å²) in [6.45, 7) is 2.20. The number of hydrogen-bond donors (Lipinski definition) is 1. The molecule has 3 atom stereocenters. The van der Waals surface area contributed by atoms with Gasteiger partial charge >= 0.3 is 0 Å². The van der Waals surface area contributed by atoms with Gasteiger partial charge in [0.25, 0.3) is 0 Å². The van der Waals surface area contributed by atoms with Crippen molar-refractivity contribution in [3.63, 3.8) is 0 Å². The van der Waals surface area contributed by atoms with Crippen LogP contribution in [-0.4, -0.2) is 46.3 Å². The lowest BCUT2D eigenvalue weighted by Gasteiger charge is -2.12. The fraction of sp³-hybridized carbons (Fsp3) is 1.00. The normalized spacial score (nSPS) is 26.7. The second kappa shape index (κ2) is 9.15. The van der Waals surface area contributed by atoms with Crippen LogP contribution in [-0.2, 0) is 20.6 Å². The van der Waals surface area contributed by atoms with E-state index in [1.165, 1.54) is 32.1 Å². The molecule has 0 aromatic rings. The zero-order valence-electron chi connectivity index (χ0n) is 12.4. The molecule has 0 aliphatic carbocycles. The molecular formula is C14H28O4S2. The molecule has 0 radical (unpaired) electrons. The van der Waals surface area contributed by atoms with Crippen LogP contribution in [0.5, 0.6) is 0 Å². The van der Waals surface area contributed by atoms with E-state index >= 15 is 0 Å². The lowest BCUT2D eigenvalue weighted by Crippen LogP contribution is -2.30. The summed E-state index contributed by atoms with van der Waals surface area (Å²) < 4.78 is 34.7. The Kier molecular flexibility index (Phi) is 8.29. The van der Waals surface area contributed by atoms with E-state index in [0.29, 0.717) is 5.75 Å². The predicted octanol–water partition coefficient (Wildman–Crippen LogP) is 2.03. The Hall–Kier alpha value is 0.0600. The van der Waals surface area contributed by atoms with Crippen LogP contribution < -0.4 is 0 Å². The summed E-state index contributed by atoms with van der Waals surface area (Å²) in [4.78, 5) is 0. The summed E-state index contributed by atoms with van der Waals surface area (Å²) in [5, 5.41) is 9.08. The molecule has 0 bridgehead atoms. The first-order chi connectivity index (χ1) is 9.46. The van der Waals surface area contributed by atoms with Crippen LogP contribution in [0.3, 0.4) is 0 Å². The van der Waals surface area contributed by atoms with Gasteiger partial charge in [-0.05, 0) is 6.42 Å². The third-order valence-electron chi connectivity index (χ3n) is 3.81. The molecule has 6 heteroatoms. The van der Waals surface area contributed by atoms with Gasteiger partial charge in [-0.3, -0.25) is 4.21 Å². The molecule has 1 fully saturated rings. The topological polar surface area (TPSA) is 71.4 Å². The Balaban J connectivity index is 2.09. The van der Waals surface area contributed by atoms with E-state index in [4.69, 9.17) is 0 Å². The van der Waals surface area contributed by atoms with Gasteiger partial charge in [0.1, 0.15) is 0 Å². The second-order valence-corrected chi connectivity index (χ2v) is 9.67. The number of rotatable bonds is 10. The zero-order valence-corrected chi connectivity index (χ0v) is 14.1. The summed E-state index contributed by atoms with van der Waals surface area (Å²) >= 11 is 0. The van der Waals surface area contributed by atoms with Crippen molar-refractivity contribution in [2.24, 2.45) is 0 Å².